The fraction of sp³-hybridized carbons (Fsp3) is 0.214. The van der Waals surface area contributed by atoms with E-state index in [0.29, 0.717) is 10.7 Å². The zero-order chi connectivity index (χ0) is 15.6. The van der Waals surface area contributed by atoms with E-state index in [1.165, 1.54) is 16.9 Å². The third kappa shape index (κ3) is 3.22. The van der Waals surface area contributed by atoms with Crippen LogP contribution in [-0.4, -0.2) is 26.8 Å². The first-order chi connectivity index (χ1) is 9.90. The van der Waals surface area contributed by atoms with Crippen molar-refractivity contribution in [3.63, 3.8) is 0 Å². The normalized spacial score (nSPS) is 12.0. The molecule has 2 N–H and O–H groups in total. The Morgan fingerprint density at radius 1 is 1.38 bits per heavy atom. The number of carboxylic acid groups (broad SMARTS) is 1. The summed E-state index contributed by atoms with van der Waals surface area (Å²) in [5.41, 5.74) is 1.28. The Balaban J connectivity index is 2.15. The van der Waals surface area contributed by atoms with E-state index < -0.39 is 12.0 Å². The molecule has 0 bridgehead atoms. The summed E-state index contributed by atoms with van der Waals surface area (Å²) in [4.78, 5) is 23.0. The quantitative estimate of drug-likeness (QED) is 0.909. The van der Waals surface area contributed by atoms with Crippen molar-refractivity contribution in [3.05, 3.63) is 46.7 Å². The van der Waals surface area contributed by atoms with Crippen molar-refractivity contribution in [2.45, 2.75) is 19.9 Å². The molecule has 0 aliphatic rings. The number of carbonyl (C=O) groups is 2. The number of amides is 1. The molecule has 0 aliphatic carbocycles. The maximum atomic E-state index is 12.2. The van der Waals surface area contributed by atoms with Crippen LogP contribution in [0, 0.1) is 6.92 Å². The van der Waals surface area contributed by atoms with Gasteiger partial charge in [-0.25, -0.2) is 4.79 Å². The number of benzene rings is 1. The molecule has 2 rings (SSSR count). The Hall–Kier alpha value is -2.34. The highest BCUT2D eigenvalue weighted by Gasteiger charge is 2.18. The molecule has 1 unspecified atom stereocenters. The first kappa shape index (κ1) is 15.1. The predicted octanol–water partition coefficient (Wildman–Crippen LogP) is 2.74. The Morgan fingerprint density at radius 2 is 2.10 bits per heavy atom. The first-order valence-electron chi connectivity index (χ1n) is 6.24. The summed E-state index contributed by atoms with van der Waals surface area (Å²) in [6.07, 6.45) is 1.46. The van der Waals surface area contributed by atoms with Gasteiger partial charge in [-0.05, 0) is 37.6 Å². The number of hydrogen-bond donors (Lipinski definition) is 2. The van der Waals surface area contributed by atoms with Gasteiger partial charge in [-0.1, -0.05) is 17.7 Å². The molecule has 1 amide bonds. The van der Waals surface area contributed by atoms with Gasteiger partial charge in [0.25, 0.3) is 0 Å². The molecule has 1 heterocycles. The summed E-state index contributed by atoms with van der Waals surface area (Å²) >= 11 is 6.00. The highest BCUT2D eigenvalue weighted by Crippen LogP contribution is 2.23. The number of carbonyl (C=O) groups excluding carboxylic acids is 1. The molecular weight excluding hydrogens is 294 g/mol. The standard InChI is InChI=1S/C14H14ClN3O3/c1-8-10(15)4-3-5-11(8)16-13(19)9(2)18-7-6-12(17-18)14(20)21/h3-7,9H,1-2H3,(H,16,19)(H,20,21). The van der Waals surface area contributed by atoms with Crippen LogP contribution in [-0.2, 0) is 4.79 Å². The van der Waals surface area contributed by atoms with Gasteiger partial charge in [0.15, 0.2) is 5.69 Å². The summed E-state index contributed by atoms with van der Waals surface area (Å²) in [5, 5.41) is 16.0. The van der Waals surface area contributed by atoms with Crippen LogP contribution < -0.4 is 5.32 Å². The molecule has 0 saturated carbocycles. The van der Waals surface area contributed by atoms with Gasteiger partial charge in [0, 0.05) is 16.9 Å². The molecule has 0 saturated heterocycles. The fourth-order valence-electron chi connectivity index (χ4n) is 1.77. The molecular formula is C14H14ClN3O3. The fourth-order valence-corrected chi connectivity index (χ4v) is 1.94. The van der Waals surface area contributed by atoms with Crippen LogP contribution in [0.15, 0.2) is 30.5 Å². The molecule has 0 fully saturated rings. The van der Waals surface area contributed by atoms with Crippen LogP contribution in [0.5, 0.6) is 0 Å². The number of aromatic nitrogens is 2. The monoisotopic (exact) mass is 307 g/mol. The maximum absolute atomic E-state index is 12.2. The highest BCUT2D eigenvalue weighted by molar-refractivity contribution is 6.31. The molecule has 1 aromatic carbocycles. The minimum absolute atomic E-state index is 0.103. The molecule has 0 aliphatic heterocycles. The highest BCUT2D eigenvalue weighted by atomic mass is 35.5. The van der Waals surface area contributed by atoms with Crippen molar-refractivity contribution in [2.24, 2.45) is 0 Å². The molecule has 6 nitrogen and oxygen atoms in total. The average molecular weight is 308 g/mol. The first-order valence-corrected chi connectivity index (χ1v) is 6.62. The molecule has 21 heavy (non-hydrogen) atoms. The van der Waals surface area contributed by atoms with Gasteiger partial charge in [0.05, 0.1) is 0 Å². The number of nitrogens with one attached hydrogen (secondary N) is 1. The zero-order valence-electron chi connectivity index (χ0n) is 11.5. The SMILES string of the molecule is Cc1c(Cl)cccc1NC(=O)C(C)n1ccc(C(=O)O)n1. The van der Waals surface area contributed by atoms with Gasteiger partial charge in [0.1, 0.15) is 6.04 Å². The van der Waals surface area contributed by atoms with Gasteiger partial charge < -0.3 is 10.4 Å². The lowest BCUT2D eigenvalue weighted by atomic mass is 10.2. The second kappa shape index (κ2) is 5.97. The van der Waals surface area contributed by atoms with Gasteiger partial charge >= 0.3 is 5.97 Å². The lowest BCUT2D eigenvalue weighted by molar-refractivity contribution is -0.119. The Morgan fingerprint density at radius 3 is 2.71 bits per heavy atom. The van der Waals surface area contributed by atoms with E-state index in [1.807, 2.05) is 0 Å². The third-order valence-corrected chi connectivity index (χ3v) is 3.54. The van der Waals surface area contributed by atoms with E-state index in [4.69, 9.17) is 16.7 Å². The number of aromatic carboxylic acids is 1. The second-order valence-corrected chi connectivity index (χ2v) is 4.97. The third-order valence-electron chi connectivity index (χ3n) is 3.13. The molecule has 7 heteroatoms. The van der Waals surface area contributed by atoms with E-state index in [1.54, 1.807) is 32.0 Å². The number of carboxylic acids is 1. The topological polar surface area (TPSA) is 84.2 Å². The molecule has 0 radical (unpaired) electrons. The van der Waals surface area contributed by atoms with E-state index in [0.717, 1.165) is 5.56 Å². The summed E-state index contributed by atoms with van der Waals surface area (Å²) in [6.45, 7) is 3.44. The van der Waals surface area contributed by atoms with Crippen molar-refractivity contribution < 1.29 is 14.7 Å². The summed E-state index contributed by atoms with van der Waals surface area (Å²) in [6, 6.07) is 5.93. The van der Waals surface area contributed by atoms with E-state index in [2.05, 4.69) is 10.4 Å². The summed E-state index contributed by atoms with van der Waals surface area (Å²) < 4.78 is 1.30. The Kier molecular flexibility index (Phi) is 4.28. The van der Waals surface area contributed by atoms with Crippen molar-refractivity contribution in [2.75, 3.05) is 5.32 Å². The van der Waals surface area contributed by atoms with Crippen LogP contribution in [0.25, 0.3) is 0 Å². The smallest absolute Gasteiger partial charge is 0.356 e. The number of anilines is 1. The van der Waals surface area contributed by atoms with Crippen molar-refractivity contribution >= 4 is 29.2 Å². The zero-order valence-corrected chi connectivity index (χ0v) is 12.3. The van der Waals surface area contributed by atoms with Crippen LogP contribution in [0.3, 0.4) is 0 Å². The van der Waals surface area contributed by atoms with Gasteiger partial charge in [-0.3, -0.25) is 9.48 Å². The van der Waals surface area contributed by atoms with Crippen LogP contribution in [0.1, 0.15) is 29.0 Å². The number of nitrogens with zero attached hydrogens (tertiary/aromatic N) is 2. The molecule has 1 atom stereocenters. The van der Waals surface area contributed by atoms with Gasteiger partial charge in [-0.15, -0.1) is 0 Å². The van der Waals surface area contributed by atoms with E-state index in [9.17, 15) is 9.59 Å². The minimum atomic E-state index is -1.13. The molecule has 0 spiro atoms. The van der Waals surface area contributed by atoms with Gasteiger partial charge in [-0.2, -0.15) is 5.10 Å². The van der Waals surface area contributed by atoms with Crippen LogP contribution >= 0.6 is 11.6 Å². The van der Waals surface area contributed by atoms with E-state index in [-0.39, 0.29) is 11.6 Å². The van der Waals surface area contributed by atoms with Crippen LogP contribution in [0.2, 0.25) is 5.02 Å². The van der Waals surface area contributed by atoms with Gasteiger partial charge in [0.2, 0.25) is 5.91 Å². The lowest BCUT2D eigenvalue weighted by Gasteiger charge is -2.14. The number of hydrogen-bond acceptors (Lipinski definition) is 3. The van der Waals surface area contributed by atoms with Crippen molar-refractivity contribution in [3.8, 4) is 0 Å². The average Bonchev–Trinajstić information content (AvgIpc) is 2.93. The number of rotatable bonds is 4. The molecule has 2 aromatic rings. The maximum Gasteiger partial charge on any atom is 0.356 e. The molecule has 1 aromatic heterocycles. The minimum Gasteiger partial charge on any atom is -0.476 e. The van der Waals surface area contributed by atoms with Crippen molar-refractivity contribution in [1.29, 1.82) is 0 Å². The largest absolute Gasteiger partial charge is 0.476 e. The van der Waals surface area contributed by atoms with Crippen molar-refractivity contribution in [1.82, 2.24) is 9.78 Å². The Bertz CT molecular complexity index is 697. The van der Waals surface area contributed by atoms with E-state index >= 15 is 0 Å². The molecule has 110 valence electrons. The number of halogens is 1. The predicted molar refractivity (Wildman–Crippen MR) is 78.7 cm³/mol. The lowest BCUT2D eigenvalue weighted by Crippen LogP contribution is -2.24. The second-order valence-electron chi connectivity index (χ2n) is 4.56. The summed E-state index contributed by atoms with van der Waals surface area (Å²) in [5.74, 6) is -1.44. The Labute approximate surface area is 126 Å². The summed E-state index contributed by atoms with van der Waals surface area (Å²) in [7, 11) is 0. The van der Waals surface area contributed by atoms with Crippen LogP contribution in [0.4, 0.5) is 5.69 Å².